The first kappa shape index (κ1) is 21.5. The number of rotatable bonds is 6. The average molecular weight is 459 g/mol. The number of aryl methyl sites for hydroxylation is 2. The number of carbonyl (C=O) groups is 1. The Morgan fingerprint density at radius 3 is 2.84 bits per heavy atom. The molecule has 162 valence electrons. The van der Waals surface area contributed by atoms with E-state index in [1.54, 1.807) is 35.0 Å². The number of nitro benzene ring substituents is 1. The number of anilines is 1. The van der Waals surface area contributed by atoms with Gasteiger partial charge in [0.25, 0.3) is 11.2 Å². The predicted octanol–water partition coefficient (Wildman–Crippen LogP) is 4.38. The lowest BCUT2D eigenvalue weighted by Gasteiger charge is -2.15. The third-order valence-corrected chi connectivity index (χ3v) is 7.64. The fourth-order valence-electron chi connectivity index (χ4n) is 3.77. The van der Waals surface area contributed by atoms with E-state index in [0.717, 1.165) is 41.5 Å². The average Bonchev–Trinajstić information content (AvgIpc) is 3.12. The van der Waals surface area contributed by atoms with Gasteiger partial charge in [-0.25, -0.2) is 4.98 Å². The second kappa shape index (κ2) is 8.80. The highest BCUT2D eigenvalue weighted by Gasteiger charge is 2.25. The van der Waals surface area contributed by atoms with Crippen molar-refractivity contribution < 1.29 is 9.72 Å². The van der Waals surface area contributed by atoms with Crippen LogP contribution < -0.4 is 10.9 Å². The molecule has 2 aromatic heterocycles. The monoisotopic (exact) mass is 458 g/mol. The standard InChI is InChI=1S/C21H22N4O4S2/c1-3-24-20(27)17-13-8-4-7-11-16(13)31-19(17)23-21(24)30-12(2)18(26)22-14-9-5-6-10-15(14)25(28)29/h5-6,9-10,12H,3-4,7-8,11H2,1-2H3,(H,22,26). The lowest BCUT2D eigenvalue weighted by Crippen LogP contribution is -2.27. The van der Waals surface area contributed by atoms with Gasteiger partial charge in [0.2, 0.25) is 5.91 Å². The maximum atomic E-state index is 13.2. The molecule has 3 aromatic rings. The minimum Gasteiger partial charge on any atom is -0.319 e. The van der Waals surface area contributed by atoms with Crippen LogP contribution in [0.3, 0.4) is 0 Å². The summed E-state index contributed by atoms with van der Waals surface area (Å²) >= 11 is 2.77. The van der Waals surface area contributed by atoms with E-state index in [-0.39, 0.29) is 22.8 Å². The van der Waals surface area contributed by atoms with Gasteiger partial charge in [0, 0.05) is 17.5 Å². The molecule has 2 heterocycles. The van der Waals surface area contributed by atoms with E-state index in [0.29, 0.717) is 11.7 Å². The first-order valence-corrected chi connectivity index (χ1v) is 11.9. The molecule has 0 bridgehead atoms. The van der Waals surface area contributed by atoms with Crippen LogP contribution in [0.25, 0.3) is 10.2 Å². The molecule has 1 aliphatic carbocycles. The summed E-state index contributed by atoms with van der Waals surface area (Å²) in [6.07, 6.45) is 4.12. The molecule has 0 saturated heterocycles. The van der Waals surface area contributed by atoms with Crippen molar-refractivity contribution in [3.8, 4) is 0 Å². The largest absolute Gasteiger partial charge is 0.319 e. The van der Waals surface area contributed by atoms with Gasteiger partial charge in [0.05, 0.1) is 15.6 Å². The van der Waals surface area contributed by atoms with Crippen LogP contribution in [0.1, 0.15) is 37.1 Å². The normalized spacial score (nSPS) is 14.3. The van der Waals surface area contributed by atoms with Crippen LogP contribution in [0.2, 0.25) is 0 Å². The van der Waals surface area contributed by atoms with Gasteiger partial charge in [-0.15, -0.1) is 11.3 Å². The summed E-state index contributed by atoms with van der Waals surface area (Å²) in [6, 6.07) is 6.01. The second-order valence-electron chi connectivity index (χ2n) is 7.36. The zero-order valence-corrected chi connectivity index (χ0v) is 18.8. The predicted molar refractivity (Wildman–Crippen MR) is 123 cm³/mol. The van der Waals surface area contributed by atoms with Gasteiger partial charge < -0.3 is 5.32 Å². The first-order valence-electron chi connectivity index (χ1n) is 10.2. The van der Waals surface area contributed by atoms with Gasteiger partial charge >= 0.3 is 0 Å². The van der Waals surface area contributed by atoms with Crippen LogP contribution in [0.5, 0.6) is 0 Å². The zero-order valence-electron chi connectivity index (χ0n) is 17.2. The van der Waals surface area contributed by atoms with Crippen molar-refractivity contribution in [1.82, 2.24) is 9.55 Å². The third-order valence-electron chi connectivity index (χ3n) is 5.37. The number of para-hydroxylation sites is 2. The third kappa shape index (κ3) is 4.09. The van der Waals surface area contributed by atoms with Crippen molar-refractivity contribution in [1.29, 1.82) is 0 Å². The molecule has 31 heavy (non-hydrogen) atoms. The molecule has 1 aromatic carbocycles. The summed E-state index contributed by atoms with van der Waals surface area (Å²) in [5, 5.41) is 14.4. The van der Waals surface area contributed by atoms with E-state index in [1.807, 2.05) is 6.92 Å². The SMILES string of the molecule is CCn1c(SC(C)C(=O)Nc2ccccc2[N+](=O)[O-])nc2sc3c(c2c1=O)CCCC3. The van der Waals surface area contributed by atoms with Gasteiger partial charge in [-0.05, 0) is 51.2 Å². The quantitative estimate of drug-likeness (QED) is 0.254. The molecule has 1 N–H and O–H groups in total. The topological polar surface area (TPSA) is 107 Å². The number of hydrogen-bond donors (Lipinski definition) is 1. The van der Waals surface area contributed by atoms with Gasteiger partial charge in [0.15, 0.2) is 5.16 Å². The molecule has 0 fully saturated rings. The number of hydrogen-bond acceptors (Lipinski definition) is 7. The number of aromatic nitrogens is 2. The highest BCUT2D eigenvalue weighted by molar-refractivity contribution is 8.00. The molecular formula is C21H22N4O4S2. The smallest absolute Gasteiger partial charge is 0.292 e. The molecule has 1 amide bonds. The molecular weight excluding hydrogens is 436 g/mol. The van der Waals surface area contributed by atoms with Crippen molar-refractivity contribution in [2.75, 3.05) is 5.32 Å². The first-order chi connectivity index (χ1) is 14.9. The highest BCUT2D eigenvalue weighted by Crippen LogP contribution is 2.35. The van der Waals surface area contributed by atoms with Crippen molar-refractivity contribution in [2.24, 2.45) is 0 Å². The van der Waals surface area contributed by atoms with E-state index >= 15 is 0 Å². The summed E-state index contributed by atoms with van der Waals surface area (Å²) < 4.78 is 1.61. The van der Waals surface area contributed by atoms with Gasteiger partial charge in [-0.2, -0.15) is 0 Å². The number of nitrogens with zero attached hydrogens (tertiary/aromatic N) is 3. The number of nitro groups is 1. The molecule has 1 aliphatic rings. The van der Waals surface area contributed by atoms with Crippen molar-refractivity contribution in [3.05, 3.63) is 55.2 Å². The van der Waals surface area contributed by atoms with E-state index in [9.17, 15) is 19.7 Å². The zero-order chi connectivity index (χ0) is 22.1. The van der Waals surface area contributed by atoms with Gasteiger partial charge in [0.1, 0.15) is 10.5 Å². The number of amides is 1. The summed E-state index contributed by atoms with van der Waals surface area (Å²) in [4.78, 5) is 43.3. The number of thiophene rings is 1. The van der Waals surface area contributed by atoms with Crippen LogP contribution in [0.15, 0.2) is 34.2 Å². The molecule has 1 unspecified atom stereocenters. The number of fused-ring (bicyclic) bond motifs is 3. The minimum absolute atomic E-state index is 0.0549. The molecule has 0 radical (unpaired) electrons. The number of thioether (sulfide) groups is 1. The fraction of sp³-hybridized carbons (Fsp3) is 0.381. The van der Waals surface area contributed by atoms with Crippen LogP contribution in [-0.4, -0.2) is 25.6 Å². The Kier molecular flexibility index (Phi) is 6.10. The fourth-order valence-corrected chi connectivity index (χ4v) is 6.05. The summed E-state index contributed by atoms with van der Waals surface area (Å²) in [6.45, 7) is 4.04. The molecule has 0 aliphatic heterocycles. The van der Waals surface area contributed by atoms with E-state index in [1.165, 1.54) is 28.8 Å². The Bertz CT molecular complexity index is 1230. The molecule has 0 saturated carbocycles. The summed E-state index contributed by atoms with van der Waals surface area (Å²) in [5.74, 6) is -0.387. The highest BCUT2D eigenvalue weighted by atomic mass is 32.2. The molecule has 0 spiro atoms. The Labute approximate surface area is 186 Å². The molecule has 1 atom stereocenters. The maximum Gasteiger partial charge on any atom is 0.292 e. The van der Waals surface area contributed by atoms with E-state index < -0.39 is 10.2 Å². The molecule has 4 rings (SSSR count). The van der Waals surface area contributed by atoms with Crippen molar-refractivity contribution >= 4 is 50.6 Å². The van der Waals surface area contributed by atoms with E-state index in [4.69, 9.17) is 4.98 Å². The lowest BCUT2D eigenvalue weighted by atomic mass is 9.97. The van der Waals surface area contributed by atoms with E-state index in [2.05, 4.69) is 5.32 Å². The number of carbonyl (C=O) groups excluding carboxylic acids is 1. The lowest BCUT2D eigenvalue weighted by molar-refractivity contribution is -0.383. The van der Waals surface area contributed by atoms with Crippen LogP contribution >= 0.6 is 23.1 Å². The Morgan fingerprint density at radius 2 is 2.10 bits per heavy atom. The summed E-state index contributed by atoms with van der Waals surface area (Å²) in [7, 11) is 0. The number of nitrogens with one attached hydrogen (secondary N) is 1. The Morgan fingerprint density at radius 1 is 1.35 bits per heavy atom. The summed E-state index contributed by atoms with van der Waals surface area (Å²) in [5.41, 5.74) is 1.07. The molecule has 8 nitrogen and oxygen atoms in total. The van der Waals surface area contributed by atoms with Crippen molar-refractivity contribution in [3.63, 3.8) is 0 Å². The van der Waals surface area contributed by atoms with Gasteiger partial charge in [-0.3, -0.25) is 24.3 Å². The minimum atomic E-state index is -0.600. The van der Waals surface area contributed by atoms with Gasteiger partial charge in [-0.1, -0.05) is 23.9 Å². The Hall–Kier alpha value is -2.72. The maximum absolute atomic E-state index is 13.2. The van der Waals surface area contributed by atoms with Crippen LogP contribution in [0.4, 0.5) is 11.4 Å². The van der Waals surface area contributed by atoms with Crippen LogP contribution in [-0.2, 0) is 24.2 Å². The molecule has 10 heteroatoms. The second-order valence-corrected chi connectivity index (χ2v) is 9.75. The van der Waals surface area contributed by atoms with Crippen molar-refractivity contribution in [2.45, 2.75) is 56.5 Å². The Balaban J connectivity index is 1.63. The number of benzene rings is 1. The van der Waals surface area contributed by atoms with Crippen LogP contribution in [0, 0.1) is 10.1 Å².